The molecule has 0 saturated heterocycles. The molecule has 1 aromatic carbocycles. The molecule has 0 radical (unpaired) electrons. The van der Waals surface area contributed by atoms with Gasteiger partial charge in [0.2, 0.25) is 0 Å². The van der Waals surface area contributed by atoms with Gasteiger partial charge in [-0.3, -0.25) is 4.79 Å². The van der Waals surface area contributed by atoms with Crippen molar-refractivity contribution in [2.75, 3.05) is 5.73 Å². The molecule has 0 aliphatic heterocycles. The summed E-state index contributed by atoms with van der Waals surface area (Å²) in [6.07, 6.45) is 1.02. The number of carboxylic acid groups (broad SMARTS) is 1. The first kappa shape index (κ1) is 12.5. The van der Waals surface area contributed by atoms with Gasteiger partial charge in [0.05, 0.1) is 0 Å². The predicted molar refractivity (Wildman–Crippen MR) is 58.1 cm³/mol. The third kappa shape index (κ3) is 7.16. The molecule has 0 bridgehead atoms. The number of nitrogens with two attached hydrogens (primary N) is 1. The Morgan fingerprint density at radius 1 is 1.50 bits per heavy atom. The van der Waals surface area contributed by atoms with Crippen LogP contribution in [0, 0.1) is 6.92 Å². The van der Waals surface area contributed by atoms with Crippen molar-refractivity contribution in [3.05, 3.63) is 29.8 Å². The van der Waals surface area contributed by atoms with E-state index in [0.29, 0.717) is 6.42 Å². The van der Waals surface area contributed by atoms with Crippen LogP contribution in [0.15, 0.2) is 24.3 Å². The quantitative estimate of drug-likeness (QED) is 0.712. The summed E-state index contributed by atoms with van der Waals surface area (Å²) in [4.78, 5) is 9.60. The van der Waals surface area contributed by atoms with E-state index in [0.717, 1.165) is 12.1 Å². The number of aryl methyl sites for hydroxylation is 1. The predicted octanol–water partition coefficient (Wildman–Crippen LogP) is 2.45. The lowest BCUT2D eigenvalue weighted by Crippen LogP contribution is -1.90. The summed E-state index contributed by atoms with van der Waals surface area (Å²) in [5, 5.41) is 7.91. The summed E-state index contributed by atoms with van der Waals surface area (Å²) in [7, 11) is 0. The van der Waals surface area contributed by atoms with Crippen LogP contribution in [0.5, 0.6) is 0 Å². The van der Waals surface area contributed by atoms with Gasteiger partial charge in [-0.2, -0.15) is 0 Å². The molecule has 3 heteroatoms. The largest absolute Gasteiger partial charge is 0.481 e. The Morgan fingerprint density at radius 3 is 2.36 bits per heavy atom. The van der Waals surface area contributed by atoms with Crippen molar-refractivity contribution in [1.29, 1.82) is 0 Å². The SMILES string of the molecule is CCCC(=O)O.Cc1cccc(N)c1. The van der Waals surface area contributed by atoms with Crippen LogP contribution in [0.1, 0.15) is 25.3 Å². The maximum Gasteiger partial charge on any atom is 0.303 e. The third-order valence-corrected chi connectivity index (χ3v) is 1.51. The number of carboxylic acids is 1. The van der Waals surface area contributed by atoms with Gasteiger partial charge >= 0.3 is 5.97 Å². The number of benzene rings is 1. The molecule has 3 N–H and O–H groups in total. The molecular weight excluding hydrogens is 178 g/mol. The molecule has 1 rings (SSSR count). The van der Waals surface area contributed by atoms with Crippen molar-refractivity contribution in [3.8, 4) is 0 Å². The molecular formula is C11H17NO2. The van der Waals surface area contributed by atoms with E-state index in [9.17, 15) is 4.79 Å². The van der Waals surface area contributed by atoms with Crippen molar-refractivity contribution in [3.63, 3.8) is 0 Å². The summed E-state index contributed by atoms with van der Waals surface area (Å²) in [6, 6.07) is 7.80. The van der Waals surface area contributed by atoms with Gasteiger partial charge < -0.3 is 10.8 Å². The Morgan fingerprint density at radius 2 is 2.14 bits per heavy atom. The highest BCUT2D eigenvalue weighted by Crippen LogP contribution is 2.03. The van der Waals surface area contributed by atoms with Gasteiger partial charge in [-0.15, -0.1) is 0 Å². The number of hydrogen-bond acceptors (Lipinski definition) is 2. The molecule has 3 nitrogen and oxygen atoms in total. The number of hydrogen-bond donors (Lipinski definition) is 2. The van der Waals surface area contributed by atoms with E-state index in [1.807, 2.05) is 38.1 Å². The zero-order valence-electron chi connectivity index (χ0n) is 8.66. The highest BCUT2D eigenvalue weighted by molar-refractivity contribution is 5.66. The Bertz CT molecular complexity index is 267. The number of aliphatic carboxylic acids is 1. The molecule has 0 atom stereocenters. The van der Waals surface area contributed by atoms with Crippen LogP contribution in [0.4, 0.5) is 5.69 Å². The van der Waals surface area contributed by atoms with Crippen LogP contribution >= 0.6 is 0 Å². The Balaban J connectivity index is 0.000000255. The molecule has 0 aliphatic rings. The average molecular weight is 195 g/mol. The van der Waals surface area contributed by atoms with E-state index in [2.05, 4.69) is 0 Å². The van der Waals surface area contributed by atoms with Gasteiger partial charge in [0.25, 0.3) is 0 Å². The van der Waals surface area contributed by atoms with Crippen molar-refractivity contribution >= 4 is 11.7 Å². The number of carbonyl (C=O) groups is 1. The Kier molecular flexibility index (Phi) is 6.20. The van der Waals surface area contributed by atoms with E-state index in [4.69, 9.17) is 10.8 Å². The summed E-state index contributed by atoms with van der Waals surface area (Å²) in [5.41, 5.74) is 7.51. The van der Waals surface area contributed by atoms with Gasteiger partial charge in [0.15, 0.2) is 0 Å². The summed E-state index contributed by atoms with van der Waals surface area (Å²) in [6.45, 7) is 3.87. The molecule has 78 valence electrons. The first-order valence-electron chi connectivity index (χ1n) is 4.60. The van der Waals surface area contributed by atoms with Gasteiger partial charge in [-0.1, -0.05) is 19.1 Å². The zero-order valence-corrected chi connectivity index (χ0v) is 8.66. The lowest BCUT2D eigenvalue weighted by molar-refractivity contribution is -0.137. The van der Waals surface area contributed by atoms with E-state index >= 15 is 0 Å². The summed E-state index contributed by atoms with van der Waals surface area (Å²) in [5.74, 6) is -0.711. The number of anilines is 1. The van der Waals surface area contributed by atoms with Crippen LogP contribution in [0.25, 0.3) is 0 Å². The van der Waals surface area contributed by atoms with Crippen LogP contribution in [-0.4, -0.2) is 11.1 Å². The molecule has 0 aromatic heterocycles. The minimum atomic E-state index is -0.711. The van der Waals surface area contributed by atoms with Crippen LogP contribution in [0.2, 0.25) is 0 Å². The van der Waals surface area contributed by atoms with Gasteiger partial charge in [-0.25, -0.2) is 0 Å². The normalized spacial score (nSPS) is 8.71. The van der Waals surface area contributed by atoms with Gasteiger partial charge in [0.1, 0.15) is 0 Å². The molecule has 0 amide bonds. The summed E-state index contributed by atoms with van der Waals surface area (Å²) < 4.78 is 0. The number of rotatable bonds is 2. The first-order chi connectivity index (χ1) is 6.56. The minimum absolute atomic E-state index is 0.292. The highest BCUT2D eigenvalue weighted by atomic mass is 16.4. The van der Waals surface area contributed by atoms with Gasteiger partial charge in [-0.05, 0) is 31.0 Å². The lowest BCUT2D eigenvalue weighted by atomic mass is 10.2. The molecule has 0 spiro atoms. The monoisotopic (exact) mass is 195 g/mol. The molecule has 0 aliphatic carbocycles. The highest BCUT2D eigenvalue weighted by Gasteiger charge is 1.87. The van der Waals surface area contributed by atoms with Crippen LogP contribution in [0.3, 0.4) is 0 Å². The fourth-order valence-electron chi connectivity index (χ4n) is 0.884. The average Bonchev–Trinajstić information content (AvgIpc) is 2.03. The van der Waals surface area contributed by atoms with Crippen LogP contribution < -0.4 is 5.73 Å². The fraction of sp³-hybridized carbons (Fsp3) is 0.364. The number of nitrogen functional groups attached to an aromatic ring is 1. The van der Waals surface area contributed by atoms with Crippen molar-refractivity contribution in [2.24, 2.45) is 0 Å². The molecule has 0 unspecified atom stereocenters. The maximum absolute atomic E-state index is 9.60. The molecule has 0 heterocycles. The van der Waals surface area contributed by atoms with E-state index < -0.39 is 5.97 Å². The Labute approximate surface area is 84.6 Å². The topological polar surface area (TPSA) is 63.3 Å². The fourth-order valence-corrected chi connectivity index (χ4v) is 0.884. The lowest BCUT2D eigenvalue weighted by Gasteiger charge is -1.91. The molecule has 0 saturated carbocycles. The van der Waals surface area contributed by atoms with Crippen molar-refractivity contribution < 1.29 is 9.90 Å². The van der Waals surface area contributed by atoms with E-state index in [-0.39, 0.29) is 0 Å². The smallest absolute Gasteiger partial charge is 0.303 e. The Hall–Kier alpha value is -1.51. The second-order valence-corrected chi connectivity index (χ2v) is 3.06. The van der Waals surface area contributed by atoms with E-state index in [1.54, 1.807) is 0 Å². The zero-order chi connectivity index (χ0) is 11.0. The second kappa shape index (κ2) is 6.95. The van der Waals surface area contributed by atoms with Crippen molar-refractivity contribution in [2.45, 2.75) is 26.7 Å². The van der Waals surface area contributed by atoms with E-state index in [1.165, 1.54) is 5.56 Å². The minimum Gasteiger partial charge on any atom is -0.481 e. The molecule has 0 fully saturated rings. The second-order valence-electron chi connectivity index (χ2n) is 3.06. The first-order valence-corrected chi connectivity index (χ1v) is 4.60. The standard InChI is InChI=1S/C7H9N.C4H8O2/c1-6-3-2-4-7(8)5-6;1-2-3-4(5)6/h2-5H,8H2,1H3;2-3H2,1H3,(H,5,6). The van der Waals surface area contributed by atoms with Crippen molar-refractivity contribution in [1.82, 2.24) is 0 Å². The maximum atomic E-state index is 9.60. The van der Waals surface area contributed by atoms with Gasteiger partial charge in [0, 0.05) is 12.1 Å². The molecule has 14 heavy (non-hydrogen) atoms. The van der Waals surface area contributed by atoms with Crippen LogP contribution in [-0.2, 0) is 4.79 Å². The molecule has 1 aromatic rings. The third-order valence-electron chi connectivity index (χ3n) is 1.51. The summed E-state index contributed by atoms with van der Waals surface area (Å²) >= 11 is 0.